The molecule has 1 amide bonds. The van der Waals surface area contributed by atoms with E-state index in [0.717, 1.165) is 0 Å². The van der Waals surface area contributed by atoms with E-state index in [1.165, 1.54) is 20.1 Å². The van der Waals surface area contributed by atoms with E-state index in [1.54, 1.807) is 18.2 Å². The van der Waals surface area contributed by atoms with Crippen molar-refractivity contribution in [1.82, 2.24) is 0 Å². The van der Waals surface area contributed by atoms with Crippen LogP contribution in [0.5, 0.6) is 0 Å². The average Bonchev–Trinajstić information content (AvgIpc) is 2.43. The monoisotopic (exact) mass is 314 g/mol. The number of anilines is 2. The summed E-state index contributed by atoms with van der Waals surface area (Å²) in [7, 11) is -2.57. The van der Waals surface area contributed by atoms with Crippen molar-refractivity contribution in [2.45, 2.75) is 18.6 Å². The van der Waals surface area contributed by atoms with Gasteiger partial charge in [0.25, 0.3) is 0 Å². The topological polar surface area (TPSA) is 116 Å². The fourth-order valence-corrected chi connectivity index (χ4v) is 2.72. The highest BCUT2D eigenvalue weighted by Gasteiger charge is 2.28. The number of rotatable bonds is 6. The minimum absolute atomic E-state index is 0.283. The highest BCUT2D eigenvalue weighted by Crippen LogP contribution is 2.14. The van der Waals surface area contributed by atoms with E-state index in [9.17, 15) is 18.0 Å². The Hall–Kier alpha value is -2.09. The van der Waals surface area contributed by atoms with Crippen molar-refractivity contribution in [3.05, 3.63) is 24.3 Å². The first-order valence-electron chi connectivity index (χ1n) is 6.21. The largest absolute Gasteiger partial charge is 0.469 e. The molecule has 7 nitrogen and oxygen atoms in total. The third-order valence-electron chi connectivity index (χ3n) is 2.88. The van der Waals surface area contributed by atoms with Crippen LogP contribution in [-0.2, 0) is 24.2 Å². The molecule has 0 saturated carbocycles. The van der Waals surface area contributed by atoms with Crippen molar-refractivity contribution in [3.63, 3.8) is 0 Å². The molecule has 116 valence electrons. The lowest BCUT2D eigenvalue weighted by atomic mass is 10.3. The van der Waals surface area contributed by atoms with Crippen molar-refractivity contribution < 1.29 is 22.7 Å². The molecule has 1 unspecified atom stereocenters. The summed E-state index contributed by atoms with van der Waals surface area (Å²) in [4.78, 5) is 22.9. The Balaban J connectivity index is 2.70. The summed E-state index contributed by atoms with van der Waals surface area (Å²) < 4.78 is 28.3. The predicted octanol–water partition coefficient (Wildman–Crippen LogP) is 0.574. The Morgan fingerprint density at radius 3 is 2.62 bits per heavy atom. The van der Waals surface area contributed by atoms with Gasteiger partial charge in [-0.25, -0.2) is 8.42 Å². The molecule has 1 aromatic rings. The first kappa shape index (κ1) is 17.0. The number of hydrogen-bond acceptors (Lipinski definition) is 6. The van der Waals surface area contributed by atoms with Gasteiger partial charge in [0.1, 0.15) is 5.25 Å². The molecule has 0 radical (unpaired) electrons. The second-order valence-corrected chi connectivity index (χ2v) is 6.89. The zero-order chi connectivity index (χ0) is 16.0. The Kier molecular flexibility index (Phi) is 5.71. The Bertz CT molecular complexity index is 627. The number of nitrogen functional groups attached to an aromatic ring is 1. The van der Waals surface area contributed by atoms with Gasteiger partial charge in [0, 0.05) is 11.4 Å². The summed E-state index contributed by atoms with van der Waals surface area (Å²) in [6, 6.07) is 6.40. The summed E-state index contributed by atoms with van der Waals surface area (Å²) >= 11 is 0. The number of ether oxygens (including phenoxy) is 1. The molecule has 0 spiro atoms. The number of esters is 1. The van der Waals surface area contributed by atoms with Crippen molar-refractivity contribution in [2.75, 3.05) is 23.9 Å². The number of carbonyl (C=O) groups excluding carboxylic acids is 2. The van der Waals surface area contributed by atoms with E-state index in [2.05, 4.69) is 10.1 Å². The molecule has 0 saturated heterocycles. The Morgan fingerprint density at radius 2 is 2.05 bits per heavy atom. The number of sulfone groups is 1. The quantitative estimate of drug-likeness (QED) is 0.586. The van der Waals surface area contributed by atoms with Crippen LogP contribution in [0, 0.1) is 0 Å². The second kappa shape index (κ2) is 7.07. The fraction of sp³-hybridized carbons (Fsp3) is 0.385. The molecule has 0 aliphatic carbocycles. The maximum Gasteiger partial charge on any atom is 0.306 e. The van der Waals surface area contributed by atoms with Gasteiger partial charge in [-0.2, -0.15) is 0 Å². The smallest absolute Gasteiger partial charge is 0.306 e. The molecule has 1 aromatic carbocycles. The van der Waals surface area contributed by atoms with Gasteiger partial charge in [-0.05, 0) is 25.1 Å². The standard InChI is InChI=1S/C13H18N2O5S/c1-9(21(18,19)7-6-12(16)20-2)13(17)15-11-5-3-4-10(14)8-11/h3-5,8-9H,6-7,14H2,1-2H3,(H,15,17). The third kappa shape index (κ3) is 5.07. The number of benzene rings is 1. The van der Waals surface area contributed by atoms with E-state index in [1.807, 2.05) is 0 Å². The van der Waals surface area contributed by atoms with Crippen LogP contribution in [0.15, 0.2) is 24.3 Å². The summed E-state index contributed by atoms with van der Waals surface area (Å²) in [5.74, 6) is -1.75. The Morgan fingerprint density at radius 1 is 1.38 bits per heavy atom. The molecule has 1 rings (SSSR count). The lowest BCUT2D eigenvalue weighted by molar-refractivity contribution is -0.140. The highest BCUT2D eigenvalue weighted by molar-refractivity contribution is 7.92. The lowest BCUT2D eigenvalue weighted by Gasteiger charge is -2.13. The summed E-state index contributed by atoms with van der Waals surface area (Å²) in [6.07, 6.45) is -0.283. The van der Waals surface area contributed by atoms with Crippen molar-refractivity contribution in [3.8, 4) is 0 Å². The number of hydrogen-bond donors (Lipinski definition) is 2. The zero-order valence-electron chi connectivity index (χ0n) is 11.8. The van der Waals surface area contributed by atoms with Gasteiger partial charge in [-0.15, -0.1) is 0 Å². The molecule has 1 atom stereocenters. The first-order chi connectivity index (χ1) is 9.76. The number of nitrogens with two attached hydrogens (primary N) is 1. The molecule has 8 heteroatoms. The first-order valence-corrected chi connectivity index (χ1v) is 7.92. The molecular weight excluding hydrogens is 296 g/mol. The van der Waals surface area contributed by atoms with E-state index >= 15 is 0 Å². The average molecular weight is 314 g/mol. The van der Waals surface area contributed by atoms with Gasteiger partial charge in [-0.3, -0.25) is 9.59 Å². The molecule has 3 N–H and O–H groups in total. The molecule has 0 heterocycles. The number of amides is 1. The number of nitrogens with one attached hydrogen (secondary N) is 1. The van der Waals surface area contributed by atoms with Crippen LogP contribution in [-0.4, -0.2) is 38.4 Å². The summed E-state index contributed by atoms with van der Waals surface area (Å²) in [5, 5.41) is 1.20. The van der Waals surface area contributed by atoms with Crippen LogP contribution in [0.1, 0.15) is 13.3 Å². The van der Waals surface area contributed by atoms with Crippen LogP contribution in [0.4, 0.5) is 11.4 Å². The van der Waals surface area contributed by atoms with Gasteiger partial charge in [0.2, 0.25) is 5.91 Å². The molecule has 0 aromatic heterocycles. The maximum absolute atomic E-state index is 12.0. The fourth-order valence-electron chi connectivity index (χ4n) is 1.53. The lowest BCUT2D eigenvalue weighted by Crippen LogP contribution is -2.34. The van der Waals surface area contributed by atoms with Gasteiger partial charge >= 0.3 is 5.97 Å². The van der Waals surface area contributed by atoms with Crippen LogP contribution >= 0.6 is 0 Å². The normalized spacial score (nSPS) is 12.5. The van der Waals surface area contributed by atoms with Crippen molar-refractivity contribution in [1.29, 1.82) is 0 Å². The van der Waals surface area contributed by atoms with Crippen LogP contribution in [0.2, 0.25) is 0 Å². The van der Waals surface area contributed by atoms with Crippen molar-refractivity contribution in [2.24, 2.45) is 0 Å². The minimum Gasteiger partial charge on any atom is -0.469 e. The van der Waals surface area contributed by atoms with Gasteiger partial charge < -0.3 is 15.8 Å². The molecule has 0 aliphatic rings. The molecular formula is C13H18N2O5S. The van der Waals surface area contributed by atoms with E-state index in [0.29, 0.717) is 11.4 Å². The Labute approximate surface area is 123 Å². The van der Waals surface area contributed by atoms with Gasteiger partial charge in [-0.1, -0.05) is 6.07 Å². The molecule has 21 heavy (non-hydrogen) atoms. The minimum atomic E-state index is -3.74. The van der Waals surface area contributed by atoms with Crippen LogP contribution < -0.4 is 11.1 Å². The van der Waals surface area contributed by atoms with E-state index in [4.69, 9.17) is 5.73 Å². The zero-order valence-corrected chi connectivity index (χ0v) is 12.6. The van der Waals surface area contributed by atoms with Crippen LogP contribution in [0.25, 0.3) is 0 Å². The van der Waals surface area contributed by atoms with E-state index in [-0.39, 0.29) is 6.42 Å². The maximum atomic E-state index is 12.0. The second-order valence-electron chi connectivity index (χ2n) is 4.45. The number of carbonyl (C=O) groups is 2. The number of methoxy groups -OCH3 is 1. The predicted molar refractivity (Wildman–Crippen MR) is 79.4 cm³/mol. The summed E-state index contributed by atoms with van der Waals surface area (Å²) in [6.45, 7) is 1.27. The molecule has 0 bridgehead atoms. The van der Waals surface area contributed by atoms with E-state index < -0.39 is 32.7 Å². The van der Waals surface area contributed by atoms with Crippen LogP contribution in [0.3, 0.4) is 0 Å². The molecule has 0 aliphatic heterocycles. The third-order valence-corrected chi connectivity index (χ3v) is 4.95. The molecule has 0 fully saturated rings. The SMILES string of the molecule is COC(=O)CCS(=O)(=O)C(C)C(=O)Nc1cccc(N)c1. The van der Waals surface area contributed by atoms with Gasteiger partial charge in [0.15, 0.2) is 9.84 Å². The van der Waals surface area contributed by atoms with Gasteiger partial charge in [0.05, 0.1) is 19.3 Å². The summed E-state index contributed by atoms with van der Waals surface area (Å²) in [5.41, 5.74) is 6.44. The van der Waals surface area contributed by atoms with Crippen molar-refractivity contribution >= 4 is 33.1 Å². The highest BCUT2D eigenvalue weighted by atomic mass is 32.2.